The zero-order valence-corrected chi connectivity index (χ0v) is 16.9. The maximum atomic E-state index is 12.5. The van der Waals surface area contributed by atoms with Crippen LogP contribution in [0.3, 0.4) is 0 Å². The van der Waals surface area contributed by atoms with Crippen molar-refractivity contribution in [2.45, 2.75) is 26.7 Å². The minimum atomic E-state index is -0.486. The first-order chi connectivity index (χ1) is 14.1. The SMILES string of the molecule is Cc1cc(C(=O)OCC(=O)NCCCc2ccccc2)c(C)n1-c1ccccc1. The topological polar surface area (TPSA) is 60.3 Å². The van der Waals surface area contributed by atoms with Gasteiger partial charge in [0.15, 0.2) is 6.61 Å². The molecule has 0 saturated heterocycles. The number of esters is 1. The van der Waals surface area contributed by atoms with Gasteiger partial charge in [-0.3, -0.25) is 4.79 Å². The number of nitrogens with zero attached hydrogens (tertiary/aromatic N) is 1. The zero-order valence-electron chi connectivity index (χ0n) is 16.9. The molecule has 0 atom stereocenters. The highest BCUT2D eigenvalue weighted by atomic mass is 16.5. The van der Waals surface area contributed by atoms with E-state index in [0.29, 0.717) is 12.1 Å². The fourth-order valence-electron chi connectivity index (χ4n) is 3.37. The summed E-state index contributed by atoms with van der Waals surface area (Å²) in [4.78, 5) is 24.4. The third-order valence-corrected chi connectivity index (χ3v) is 4.81. The molecule has 0 fully saturated rings. The summed E-state index contributed by atoms with van der Waals surface area (Å²) < 4.78 is 7.23. The number of nitrogens with one attached hydrogen (secondary N) is 1. The minimum absolute atomic E-state index is 0.279. The Balaban J connectivity index is 1.49. The molecule has 1 amide bonds. The molecule has 2 aromatic carbocycles. The van der Waals surface area contributed by atoms with Gasteiger partial charge in [-0.25, -0.2) is 4.79 Å². The number of aryl methyl sites for hydroxylation is 2. The van der Waals surface area contributed by atoms with E-state index in [4.69, 9.17) is 4.74 Å². The number of amides is 1. The Bertz CT molecular complexity index is 963. The number of carbonyl (C=O) groups excluding carboxylic acids is 2. The highest BCUT2D eigenvalue weighted by Gasteiger charge is 2.18. The van der Waals surface area contributed by atoms with Crippen LogP contribution < -0.4 is 5.32 Å². The molecule has 0 aliphatic carbocycles. The van der Waals surface area contributed by atoms with Gasteiger partial charge in [-0.2, -0.15) is 0 Å². The summed E-state index contributed by atoms with van der Waals surface area (Å²) in [5.41, 5.74) is 4.43. The monoisotopic (exact) mass is 390 g/mol. The van der Waals surface area contributed by atoms with Gasteiger partial charge in [0.05, 0.1) is 5.56 Å². The molecule has 5 nitrogen and oxygen atoms in total. The van der Waals surface area contributed by atoms with Gasteiger partial charge in [-0.05, 0) is 50.5 Å². The third kappa shape index (κ3) is 5.35. The molecular formula is C24H26N2O3. The van der Waals surface area contributed by atoms with Crippen LogP contribution in [0.4, 0.5) is 0 Å². The smallest absolute Gasteiger partial charge is 0.340 e. The van der Waals surface area contributed by atoms with Crippen molar-refractivity contribution in [2.24, 2.45) is 0 Å². The maximum absolute atomic E-state index is 12.5. The van der Waals surface area contributed by atoms with Crippen molar-refractivity contribution in [1.29, 1.82) is 0 Å². The predicted molar refractivity (Wildman–Crippen MR) is 113 cm³/mol. The molecule has 0 bridgehead atoms. The normalized spacial score (nSPS) is 10.6. The fraction of sp³-hybridized carbons (Fsp3) is 0.250. The van der Waals surface area contributed by atoms with E-state index < -0.39 is 5.97 Å². The first-order valence-electron chi connectivity index (χ1n) is 9.78. The molecule has 3 aromatic rings. The summed E-state index contributed by atoms with van der Waals surface area (Å²) in [5, 5.41) is 2.80. The van der Waals surface area contributed by atoms with Crippen molar-refractivity contribution in [1.82, 2.24) is 9.88 Å². The molecule has 29 heavy (non-hydrogen) atoms. The molecule has 1 aromatic heterocycles. The molecule has 0 aliphatic rings. The van der Waals surface area contributed by atoms with Gasteiger partial charge in [-0.1, -0.05) is 48.5 Å². The van der Waals surface area contributed by atoms with Crippen molar-refractivity contribution in [3.8, 4) is 5.69 Å². The lowest BCUT2D eigenvalue weighted by Crippen LogP contribution is -2.29. The van der Waals surface area contributed by atoms with Crippen LogP contribution in [-0.2, 0) is 16.0 Å². The van der Waals surface area contributed by atoms with E-state index in [-0.39, 0.29) is 12.5 Å². The van der Waals surface area contributed by atoms with E-state index in [0.717, 1.165) is 29.9 Å². The van der Waals surface area contributed by atoms with Gasteiger partial charge >= 0.3 is 5.97 Å². The van der Waals surface area contributed by atoms with Gasteiger partial charge in [0.1, 0.15) is 0 Å². The molecular weight excluding hydrogens is 364 g/mol. The summed E-state index contributed by atoms with van der Waals surface area (Å²) in [7, 11) is 0. The van der Waals surface area contributed by atoms with E-state index in [1.807, 2.05) is 66.9 Å². The van der Waals surface area contributed by atoms with E-state index in [9.17, 15) is 9.59 Å². The molecule has 0 unspecified atom stereocenters. The Morgan fingerprint density at radius 1 is 0.966 bits per heavy atom. The standard InChI is InChI=1S/C24H26N2O3/c1-18-16-22(19(2)26(18)21-13-7-4-8-14-21)24(28)29-17-23(27)25-15-9-12-20-10-5-3-6-11-20/h3-8,10-11,13-14,16H,9,12,15,17H2,1-2H3,(H,25,27). The number of carbonyl (C=O) groups is 2. The molecule has 5 heteroatoms. The van der Waals surface area contributed by atoms with Crippen molar-refractivity contribution < 1.29 is 14.3 Å². The first kappa shape index (κ1) is 20.4. The number of benzene rings is 2. The van der Waals surface area contributed by atoms with Gasteiger partial charge < -0.3 is 14.6 Å². The predicted octanol–water partition coefficient (Wildman–Crippen LogP) is 4.00. The first-order valence-corrected chi connectivity index (χ1v) is 9.78. The van der Waals surface area contributed by atoms with E-state index in [2.05, 4.69) is 17.4 Å². The number of hydrogen-bond donors (Lipinski definition) is 1. The largest absolute Gasteiger partial charge is 0.452 e. The summed E-state index contributed by atoms with van der Waals surface area (Å²) in [6.07, 6.45) is 1.73. The molecule has 1 heterocycles. The highest BCUT2D eigenvalue weighted by molar-refractivity contribution is 5.93. The molecule has 0 aliphatic heterocycles. The summed E-state index contributed by atoms with van der Waals surface area (Å²) in [6.45, 7) is 4.09. The second kappa shape index (κ2) is 9.73. The average Bonchev–Trinajstić information content (AvgIpc) is 3.05. The summed E-state index contributed by atoms with van der Waals surface area (Å²) >= 11 is 0. The van der Waals surface area contributed by atoms with Crippen LogP contribution in [0.1, 0.15) is 33.7 Å². The maximum Gasteiger partial charge on any atom is 0.340 e. The lowest BCUT2D eigenvalue weighted by molar-refractivity contribution is -0.124. The second-order valence-electron chi connectivity index (χ2n) is 6.97. The highest BCUT2D eigenvalue weighted by Crippen LogP contribution is 2.21. The number of hydrogen-bond acceptors (Lipinski definition) is 3. The quantitative estimate of drug-likeness (QED) is 0.467. The van der Waals surface area contributed by atoms with E-state index in [1.54, 1.807) is 6.07 Å². The Morgan fingerprint density at radius 3 is 2.31 bits per heavy atom. The Hall–Kier alpha value is -3.34. The zero-order chi connectivity index (χ0) is 20.6. The van der Waals surface area contributed by atoms with Crippen LogP contribution in [-0.4, -0.2) is 29.6 Å². The molecule has 0 spiro atoms. The van der Waals surface area contributed by atoms with Gasteiger partial charge in [-0.15, -0.1) is 0 Å². The Kier molecular flexibility index (Phi) is 6.85. The minimum Gasteiger partial charge on any atom is -0.452 e. The number of ether oxygens (including phenoxy) is 1. The van der Waals surface area contributed by atoms with Gasteiger partial charge in [0, 0.05) is 23.6 Å². The van der Waals surface area contributed by atoms with Crippen LogP contribution >= 0.6 is 0 Å². The van der Waals surface area contributed by atoms with Gasteiger partial charge in [0.2, 0.25) is 0 Å². The van der Waals surface area contributed by atoms with Crippen molar-refractivity contribution >= 4 is 11.9 Å². The van der Waals surface area contributed by atoms with Crippen molar-refractivity contribution in [3.63, 3.8) is 0 Å². The number of rotatable bonds is 8. The Labute approximate surface area is 171 Å². The van der Waals surface area contributed by atoms with Crippen LogP contribution in [0.25, 0.3) is 5.69 Å². The lowest BCUT2D eigenvalue weighted by Gasteiger charge is -2.10. The van der Waals surface area contributed by atoms with Gasteiger partial charge in [0.25, 0.3) is 5.91 Å². The van der Waals surface area contributed by atoms with Crippen LogP contribution in [0.2, 0.25) is 0 Å². The van der Waals surface area contributed by atoms with Crippen molar-refractivity contribution in [3.05, 3.63) is 89.2 Å². The van der Waals surface area contributed by atoms with Crippen LogP contribution in [0.15, 0.2) is 66.7 Å². The average molecular weight is 390 g/mol. The Morgan fingerprint density at radius 2 is 1.62 bits per heavy atom. The number of para-hydroxylation sites is 1. The lowest BCUT2D eigenvalue weighted by atomic mass is 10.1. The van der Waals surface area contributed by atoms with E-state index in [1.165, 1.54) is 5.56 Å². The molecule has 1 N–H and O–H groups in total. The fourth-order valence-corrected chi connectivity index (χ4v) is 3.37. The third-order valence-electron chi connectivity index (χ3n) is 4.81. The molecule has 0 radical (unpaired) electrons. The van der Waals surface area contributed by atoms with Crippen LogP contribution in [0.5, 0.6) is 0 Å². The molecule has 3 rings (SSSR count). The summed E-state index contributed by atoms with van der Waals surface area (Å²) in [5.74, 6) is -0.775. The van der Waals surface area contributed by atoms with Crippen molar-refractivity contribution in [2.75, 3.05) is 13.2 Å². The molecule has 150 valence electrons. The summed E-state index contributed by atoms with van der Waals surface area (Å²) in [6, 6.07) is 21.7. The number of aromatic nitrogens is 1. The second-order valence-corrected chi connectivity index (χ2v) is 6.97. The molecule has 0 saturated carbocycles. The van der Waals surface area contributed by atoms with Crippen LogP contribution in [0, 0.1) is 13.8 Å². The van der Waals surface area contributed by atoms with E-state index >= 15 is 0 Å².